The summed E-state index contributed by atoms with van der Waals surface area (Å²) in [5, 5.41) is 167. The second kappa shape index (κ2) is 124. The normalized spacial score (nSPS) is 5.14. The van der Waals surface area contributed by atoms with Crippen LogP contribution < -0.4 is 0 Å². The second-order valence-corrected chi connectivity index (χ2v) is 3.39. The van der Waals surface area contributed by atoms with E-state index in [0.717, 1.165) is 0 Å². The van der Waals surface area contributed by atoms with Gasteiger partial charge in [-0.15, -0.1) is 0 Å². The first-order valence-corrected chi connectivity index (χ1v) is 7.82. The van der Waals surface area contributed by atoms with Gasteiger partial charge in [0.25, 0.3) is 0 Å². The van der Waals surface area contributed by atoms with Crippen LogP contribution in [-0.2, 0) is 0 Å². The average molecular weight is 1080 g/mol. The molecule has 0 aromatic carbocycles. The van der Waals surface area contributed by atoms with E-state index in [1.807, 2.05) is 0 Å². The molecule has 320 valence electrons. The molecule has 0 aromatic heterocycles. The Labute approximate surface area is 544 Å². The van der Waals surface area contributed by atoms with Gasteiger partial charge in [-0.25, -0.2) is 57.5 Å². The Morgan fingerprint density at radius 2 is 0.125 bits per heavy atom. The van der Waals surface area contributed by atoms with Gasteiger partial charge in [-0.1, -0.05) is 0 Å². The van der Waals surface area contributed by atoms with Crippen molar-refractivity contribution in [3.63, 3.8) is 0 Å². The van der Waals surface area contributed by atoms with Gasteiger partial charge < -0.3 is 123 Å². The third-order valence-corrected chi connectivity index (χ3v) is 0. The van der Waals surface area contributed by atoms with Crippen LogP contribution in [0.3, 0.4) is 0 Å². The predicted octanol–water partition coefficient (Wildman–Crippen LogP) is -4.66. The van der Waals surface area contributed by atoms with Gasteiger partial charge in [-0.3, -0.25) is 0 Å². The summed E-state index contributed by atoms with van der Waals surface area (Å²) in [7, 11) is 0. The summed E-state index contributed by atoms with van der Waals surface area (Å²) in [6.45, 7) is 0. The Bertz CT molecular complexity index is 606. The van der Waals surface area contributed by atoms with Crippen molar-refractivity contribution in [1.82, 2.24) is 0 Å². The number of carbonyl (C=O) groups is 12. The van der Waals surface area contributed by atoms with Crippen LogP contribution in [0.15, 0.2) is 0 Å². The molecule has 0 aliphatic carbocycles. The van der Waals surface area contributed by atoms with Crippen molar-refractivity contribution in [2.24, 2.45) is 0 Å². The van der Waals surface area contributed by atoms with E-state index < -0.39 is 73.9 Å². The van der Waals surface area contributed by atoms with Crippen LogP contribution in [0.4, 0.5) is 57.5 Å². The van der Waals surface area contributed by atoms with Crippen molar-refractivity contribution >= 4 is 376 Å². The summed E-state index contributed by atoms with van der Waals surface area (Å²) in [4.78, 5) is 103. The molecular weight excluding hydrogens is 1040 g/mol. The van der Waals surface area contributed by atoms with E-state index in [0.29, 0.717) is 0 Å². The van der Waals surface area contributed by atoms with Gasteiger partial charge in [-0.2, -0.15) is 0 Å². The Morgan fingerprint density at radius 1 is 0.125 bits per heavy atom. The van der Waals surface area contributed by atoms with Crippen molar-refractivity contribution in [3.05, 3.63) is 0 Å². The Morgan fingerprint density at radius 3 is 0.125 bits per heavy atom. The van der Waals surface area contributed by atoms with Gasteiger partial charge in [0.1, 0.15) is 0 Å². The summed E-state index contributed by atoms with van der Waals surface area (Å²) >= 11 is 0. The van der Waals surface area contributed by atoms with E-state index in [1.54, 1.807) is 0 Å². The molecule has 0 spiro atoms. The van der Waals surface area contributed by atoms with Gasteiger partial charge in [0, 0.05) is 0 Å². The van der Waals surface area contributed by atoms with Crippen molar-refractivity contribution in [3.8, 4) is 0 Å². The summed E-state index contributed by atoms with van der Waals surface area (Å²) in [6, 6.07) is 0. The molecule has 0 rings (SSSR count). The van der Waals surface area contributed by atoms with Gasteiger partial charge in [0.2, 0.25) is 0 Å². The summed E-state index contributed by atoms with van der Waals surface area (Å²) in [5.74, 6) is 0. The minimum absolute atomic E-state index is 0. The molecule has 24 N–H and O–H groups in total. The fraction of sp³-hybridized carbons (Fsp3) is 0. The van der Waals surface area contributed by atoms with Crippen LogP contribution in [0.5, 0.6) is 0 Å². The average Bonchev–Trinajstić information content (AvgIpc) is 2.61. The van der Waals surface area contributed by atoms with Crippen LogP contribution in [0, 0.1) is 0 Å². The number of rotatable bonds is 0. The molecule has 0 aliphatic heterocycles. The van der Waals surface area contributed by atoms with E-state index in [2.05, 4.69) is 0 Å². The van der Waals surface area contributed by atoms with Crippen LogP contribution >= 0.6 is 0 Å². The third kappa shape index (κ3) is 94000. The van der Waals surface area contributed by atoms with Gasteiger partial charge in [-0.05, 0) is 0 Å². The molecule has 44 heteroatoms. The van der Waals surface area contributed by atoms with Crippen molar-refractivity contribution < 1.29 is 180 Å². The Kier molecular flexibility index (Phi) is 288. The second-order valence-electron chi connectivity index (χ2n) is 3.39. The van der Waals surface area contributed by atoms with E-state index in [9.17, 15) is 0 Å². The molecule has 0 aromatic rings. The minimum atomic E-state index is -1.83. The fourth-order valence-electron chi connectivity index (χ4n) is 0. The quantitative estimate of drug-likeness (QED) is 0.101. The maximum atomic E-state index is 8.56. The first-order chi connectivity index (χ1) is 20.8. The van der Waals surface area contributed by atoms with Crippen LogP contribution in [-0.4, -0.2) is 498 Å². The molecular formula is C12H40Ca8O36. The zero-order chi connectivity index (χ0) is 42.9. The number of carboxylic acid groups (broad SMARTS) is 24. The molecule has 0 amide bonds. The first-order valence-electron chi connectivity index (χ1n) is 7.82. The summed E-state index contributed by atoms with van der Waals surface area (Å²) < 4.78 is 0. The third-order valence-electron chi connectivity index (χ3n) is 0. The zero-order valence-electron chi connectivity index (χ0n) is 21.6. The molecule has 0 aliphatic rings. The standard InChI is InChI=1S/12CH2O3.8Ca.16H/c12*2-1(3)4;;;;;;;;;;;;;;;;;;;;;;;;/h12*(H2,2,3,4);;;;;;;;;;;;;;;;;;;;;;;;. The summed E-state index contributed by atoms with van der Waals surface area (Å²) in [5.41, 5.74) is 0. The molecule has 0 fully saturated rings. The molecule has 56 heavy (non-hydrogen) atoms. The monoisotopic (exact) mass is 1080 g/mol. The molecule has 0 saturated carbocycles. The molecule has 0 atom stereocenters. The number of hydrogen-bond donors (Lipinski definition) is 24. The molecule has 36 nitrogen and oxygen atoms in total. The number of hydrogen-bond acceptors (Lipinski definition) is 12. The van der Waals surface area contributed by atoms with Crippen molar-refractivity contribution in [1.29, 1.82) is 0 Å². The van der Waals surface area contributed by atoms with Crippen LogP contribution in [0.2, 0.25) is 0 Å². The van der Waals surface area contributed by atoms with E-state index in [1.165, 1.54) is 0 Å². The molecule has 0 unspecified atom stereocenters. The van der Waals surface area contributed by atoms with E-state index in [4.69, 9.17) is 180 Å². The molecule has 0 radical (unpaired) electrons. The molecule has 0 bridgehead atoms. The SMILES string of the molecule is O=C(O)O.O=C(O)O.O=C(O)O.O=C(O)O.O=C(O)O.O=C(O)O.O=C(O)O.O=C(O)O.O=C(O)O.O=C(O)O.O=C(O)O.O=C(O)O.[CaH2].[CaH2].[CaH2].[CaH2].[CaH2].[CaH2].[CaH2].[CaH2]. The van der Waals surface area contributed by atoms with Gasteiger partial charge in [0.15, 0.2) is 0 Å². The van der Waals surface area contributed by atoms with Crippen molar-refractivity contribution in [2.75, 3.05) is 0 Å². The Balaban J connectivity index is -0.0000000138. The van der Waals surface area contributed by atoms with Crippen LogP contribution in [0.1, 0.15) is 0 Å². The topological polar surface area (TPSA) is 690 Å². The van der Waals surface area contributed by atoms with Gasteiger partial charge >= 0.3 is 376 Å². The first kappa shape index (κ1) is 131. The van der Waals surface area contributed by atoms with Crippen molar-refractivity contribution in [2.45, 2.75) is 0 Å². The molecule has 0 saturated heterocycles. The van der Waals surface area contributed by atoms with E-state index >= 15 is 0 Å². The maximum absolute atomic E-state index is 8.56. The Hall–Kier alpha value is 1.32. The van der Waals surface area contributed by atoms with E-state index in [-0.39, 0.29) is 302 Å². The van der Waals surface area contributed by atoms with Gasteiger partial charge in [0.05, 0.1) is 0 Å². The van der Waals surface area contributed by atoms with Crippen LogP contribution in [0.25, 0.3) is 0 Å². The summed E-state index contributed by atoms with van der Waals surface area (Å²) in [6.07, 6.45) is -22.0. The fourth-order valence-corrected chi connectivity index (χ4v) is 0. The predicted molar refractivity (Wildman–Crippen MR) is 196 cm³/mol. The zero-order valence-corrected chi connectivity index (χ0v) is 21.6. The molecule has 0 heterocycles.